The molecule has 2 aromatic carbocycles. The lowest BCUT2D eigenvalue weighted by atomic mass is 10.0. The highest BCUT2D eigenvalue weighted by Gasteiger charge is 2.18. The van der Waals surface area contributed by atoms with E-state index < -0.39 is 12.0 Å². The van der Waals surface area contributed by atoms with Crippen LogP contribution in [-0.2, 0) is 14.3 Å². The second-order valence-electron chi connectivity index (χ2n) is 5.73. The van der Waals surface area contributed by atoms with E-state index in [0.29, 0.717) is 6.61 Å². The van der Waals surface area contributed by atoms with E-state index in [1.54, 1.807) is 6.08 Å². The molecule has 0 spiro atoms. The molecule has 0 aliphatic carbocycles. The monoisotopic (exact) mass is 431 g/mol. The molecule has 0 fully saturated rings. The molecule has 2 rings (SSSR count). The number of methoxy groups -OCH3 is 1. The first-order chi connectivity index (χ1) is 13.0. The highest BCUT2D eigenvalue weighted by molar-refractivity contribution is 9.10. The fourth-order valence-corrected chi connectivity index (χ4v) is 2.70. The summed E-state index contributed by atoms with van der Waals surface area (Å²) in [5, 5.41) is 2.85. The third-order valence-electron chi connectivity index (χ3n) is 3.81. The van der Waals surface area contributed by atoms with Gasteiger partial charge < -0.3 is 14.8 Å². The number of halogens is 1. The summed E-state index contributed by atoms with van der Waals surface area (Å²) in [5.41, 5.74) is 1.70. The Morgan fingerprint density at radius 1 is 1.11 bits per heavy atom. The first-order valence-corrected chi connectivity index (χ1v) is 9.35. The van der Waals surface area contributed by atoms with Gasteiger partial charge >= 0.3 is 5.97 Å². The highest BCUT2D eigenvalue weighted by atomic mass is 79.9. The van der Waals surface area contributed by atoms with Crippen molar-refractivity contribution < 1.29 is 19.1 Å². The van der Waals surface area contributed by atoms with Gasteiger partial charge in [0.05, 0.1) is 26.2 Å². The van der Waals surface area contributed by atoms with E-state index in [1.807, 2.05) is 55.5 Å². The molecule has 1 atom stereocenters. The van der Waals surface area contributed by atoms with Crippen molar-refractivity contribution in [2.75, 3.05) is 13.7 Å². The van der Waals surface area contributed by atoms with E-state index in [9.17, 15) is 9.59 Å². The van der Waals surface area contributed by atoms with E-state index in [2.05, 4.69) is 21.2 Å². The molecule has 0 saturated carbocycles. The standard InChI is InChI=1S/C21H22BrNO4/c1-3-27-18-11-4-15(5-12-18)6-13-20(24)23-19(14-21(25)26-2)16-7-9-17(22)10-8-16/h4-13,19H,3,14H2,1-2H3,(H,23,24)/b13-6+. The second-order valence-corrected chi connectivity index (χ2v) is 6.64. The SMILES string of the molecule is CCOc1ccc(/C=C/C(=O)NC(CC(=O)OC)c2ccc(Br)cc2)cc1. The molecule has 6 heteroatoms. The van der Waals surface area contributed by atoms with Crippen LogP contribution in [0, 0.1) is 0 Å². The van der Waals surface area contributed by atoms with E-state index in [-0.39, 0.29) is 12.3 Å². The molecule has 0 bridgehead atoms. The Hall–Kier alpha value is -2.60. The molecule has 5 nitrogen and oxygen atoms in total. The molecule has 0 aliphatic rings. The van der Waals surface area contributed by atoms with E-state index in [4.69, 9.17) is 9.47 Å². The molecule has 0 heterocycles. The van der Waals surface area contributed by atoms with Gasteiger partial charge in [0.1, 0.15) is 5.75 Å². The van der Waals surface area contributed by atoms with Crippen LogP contribution in [0.3, 0.4) is 0 Å². The zero-order chi connectivity index (χ0) is 19.6. The Morgan fingerprint density at radius 3 is 2.37 bits per heavy atom. The average Bonchev–Trinajstić information content (AvgIpc) is 2.67. The summed E-state index contributed by atoms with van der Waals surface area (Å²) in [6.07, 6.45) is 3.21. The summed E-state index contributed by atoms with van der Waals surface area (Å²) in [4.78, 5) is 24.0. The van der Waals surface area contributed by atoms with Gasteiger partial charge in [0.2, 0.25) is 5.91 Å². The first kappa shape index (κ1) is 20.7. The smallest absolute Gasteiger partial charge is 0.307 e. The van der Waals surface area contributed by atoms with Crippen molar-refractivity contribution in [2.45, 2.75) is 19.4 Å². The number of carbonyl (C=O) groups is 2. The molecule has 0 aromatic heterocycles. The zero-order valence-corrected chi connectivity index (χ0v) is 16.9. The Morgan fingerprint density at radius 2 is 1.78 bits per heavy atom. The number of benzene rings is 2. The molecule has 1 N–H and O–H groups in total. The van der Waals surface area contributed by atoms with Crippen LogP contribution < -0.4 is 10.1 Å². The fourth-order valence-electron chi connectivity index (χ4n) is 2.43. The third kappa shape index (κ3) is 6.90. The Bertz CT molecular complexity index is 785. The van der Waals surface area contributed by atoms with Gasteiger partial charge in [0, 0.05) is 10.5 Å². The molecule has 0 aliphatic heterocycles. The van der Waals surface area contributed by atoms with Crippen LogP contribution in [0.5, 0.6) is 5.75 Å². The molecular formula is C21H22BrNO4. The van der Waals surface area contributed by atoms with Gasteiger partial charge in [-0.2, -0.15) is 0 Å². The van der Waals surface area contributed by atoms with Crippen LogP contribution >= 0.6 is 15.9 Å². The number of rotatable bonds is 8. The average molecular weight is 432 g/mol. The van der Waals surface area contributed by atoms with Crippen molar-refractivity contribution in [3.63, 3.8) is 0 Å². The van der Waals surface area contributed by atoms with Crippen molar-refractivity contribution in [3.8, 4) is 5.75 Å². The number of carbonyl (C=O) groups excluding carboxylic acids is 2. The Labute approximate surface area is 167 Å². The lowest BCUT2D eigenvalue weighted by molar-refractivity contribution is -0.141. The first-order valence-electron chi connectivity index (χ1n) is 8.55. The number of hydrogen-bond acceptors (Lipinski definition) is 4. The molecule has 1 unspecified atom stereocenters. The van der Waals surface area contributed by atoms with Gasteiger partial charge in [0.15, 0.2) is 0 Å². The van der Waals surface area contributed by atoms with Gasteiger partial charge in [-0.1, -0.05) is 40.2 Å². The minimum atomic E-state index is -0.469. The van der Waals surface area contributed by atoms with E-state index >= 15 is 0 Å². The number of hydrogen-bond donors (Lipinski definition) is 1. The van der Waals surface area contributed by atoms with Crippen LogP contribution in [-0.4, -0.2) is 25.6 Å². The predicted molar refractivity (Wildman–Crippen MR) is 108 cm³/mol. The van der Waals surface area contributed by atoms with Gasteiger partial charge in [-0.15, -0.1) is 0 Å². The summed E-state index contributed by atoms with van der Waals surface area (Å²) < 4.78 is 11.1. The maximum atomic E-state index is 12.3. The summed E-state index contributed by atoms with van der Waals surface area (Å²) in [6.45, 7) is 2.53. The lowest BCUT2D eigenvalue weighted by Gasteiger charge is -2.17. The van der Waals surface area contributed by atoms with Gasteiger partial charge in [0.25, 0.3) is 0 Å². The van der Waals surface area contributed by atoms with Gasteiger partial charge in [-0.3, -0.25) is 9.59 Å². The van der Waals surface area contributed by atoms with Gasteiger partial charge in [-0.05, 0) is 48.4 Å². The Kier molecular flexibility index (Phi) is 8.07. The third-order valence-corrected chi connectivity index (χ3v) is 4.33. The normalized spacial score (nSPS) is 11.8. The van der Waals surface area contributed by atoms with E-state index in [0.717, 1.165) is 21.3 Å². The zero-order valence-electron chi connectivity index (χ0n) is 15.3. The van der Waals surface area contributed by atoms with Crippen LogP contribution in [0.2, 0.25) is 0 Å². The van der Waals surface area contributed by atoms with Crippen molar-refractivity contribution in [1.82, 2.24) is 5.32 Å². The molecule has 0 radical (unpaired) electrons. The topological polar surface area (TPSA) is 64.6 Å². The summed E-state index contributed by atoms with van der Waals surface area (Å²) in [7, 11) is 1.33. The Balaban J connectivity index is 2.05. The minimum Gasteiger partial charge on any atom is -0.494 e. The number of esters is 1. The molecule has 2 aromatic rings. The molecule has 27 heavy (non-hydrogen) atoms. The summed E-state index contributed by atoms with van der Waals surface area (Å²) in [5.74, 6) is 0.104. The van der Waals surface area contributed by atoms with Crippen molar-refractivity contribution in [3.05, 3.63) is 70.2 Å². The fraction of sp³-hybridized carbons (Fsp3) is 0.238. The number of amides is 1. The highest BCUT2D eigenvalue weighted by Crippen LogP contribution is 2.20. The van der Waals surface area contributed by atoms with Crippen molar-refractivity contribution in [2.24, 2.45) is 0 Å². The second kappa shape index (κ2) is 10.5. The molecule has 0 saturated heterocycles. The number of ether oxygens (including phenoxy) is 2. The predicted octanol–water partition coefficient (Wildman–Crippen LogP) is 4.28. The van der Waals surface area contributed by atoms with Crippen LogP contribution in [0.1, 0.15) is 30.5 Å². The largest absolute Gasteiger partial charge is 0.494 e. The number of nitrogens with one attached hydrogen (secondary N) is 1. The molecule has 142 valence electrons. The maximum absolute atomic E-state index is 12.3. The van der Waals surface area contributed by atoms with Crippen LogP contribution in [0.25, 0.3) is 6.08 Å². The van der Waals surface area contributed by atoms with Crippen LogP contribution in [0.4, 0.5) is 0 Å². The van der Waals surface area contributed by atoms with E-state index in [1.165, 1.54) is 13.2 Å². The summed E-state index contributed by atoms with van der Waals surface area (Å²) >= 11 is 3.38. The summed E-state index contributed by atoms with van der Waals surface area (Å²) in [6, 6.07) is 14.4. The molecule has 1 amide bonds. The van der Waals surface area contributed by atoms with Crippen molar-refractivity contribution in [1.29, 1.82) is 0 Å². The van der Waals surface area contributed by atoms with Gasteiger partial charge in [-0.25, -0.2) is 0 Å². The quantitative estimate of drug-likeness (QED) is 0.500. The molecular weight excluding hydrogens is 410 g/mol. The maximum Gasteiger partial charge on any atom is 0.307 e. The van der Waals surface area contributed by atoms with Crippen molar-refractivity contribution >= 4 is 33.9 Å². The van der Waals surface area contributed by atoms with Crippen LogP contribution in [0.15, 0.2) is 59.1 Å². The lowest BCUT2D eigenvalue weighted by Crippen LogP contribution is -2.29. The minimum absolute atomic E-state index is 0.0563.